The van der Waals surface area contributed by atoms with E-state index in [0.717, 1.165) is 13.2 Å². The van der Waals surface area contributed by atoms with Crippen molar-refractivity contribution in [1.29, 1.82) is 0 Å². The third-order valence-electron chi connectivity index (χ3n) is 3.25. The summed E-state index contributed by atoms with van der Waals surface area (Å²) in [6, 6.07) is 0. The van der Waals surface area contributed by atoms with Crippen LogP contribution in [0.15, 0.2) is 0 Å². The largest absolute Gasteiger partial charge is 0.381 e. The minimum Gasteiger partial charge on any atom is -0.381 e. The minimum absolute atomic E-state index is 0.256. The van der Waals surface area contributed by atoms with Crippen molar-refractivity contribution in [3.05, 3.63) is 0 Å². The lowest BCUT2D eigenvalue weighted by atomic mass is 9.73. The minimum atomic E-state index is 0.256. The van der Waals surface area contributed by atoms with E-state index in [4.69, 9.17) is 4.74 Å². The molecule has 0 spiro atoms. The highest BCUT2D eigenvalue weighted by molar-refractivity contribution is 4.87. The summed E-state index contributed by atoms with van der Waals surface area (Å²) in [6.45, 7) is 8.81. The zero-order valence-electron chi connectivity index (χ0n) is 9.44. The predicted molar refractivity (Wildman–Crippen MR) is 55.9 cm³/mol. The van der Waals surface area contributed by atoms with Gasteiger partial charge in [0.1, 0.15) is 0 Å². The first kappa shape index (κ1) is 11.0. The fourth-order valence-electron chi connectivity index (χ4n) is 2.20. The predicted octanol–water partition coefficient (Wildman–Crippen LogP) is 2.19. The van der Waals surface area contributed by atoms with E-state index in [0.29, 0.717) is 5.41 Å². The average molecular weight is 185 g/mol. The maximum atomic E-state index is 5.39. The van der Waals surface area contributed by atoms with Crippen molar-refractivity contribution in [2.24, 2.45) is 5.41 Å². The van der Waals surface area contributed by atoms with Crippen LogP contribution in [0.1, 0.15) is 40.0 Å². The molecule has 0 aliphatic carbocycles. The van der Waals surface area contributed by atoms with Gasteiger partial charge in [0.2, 0.25) is 0 Å². The molecule has 0 aromatic heterocycles. The van der Waals surface area contributed by atoms with E-state index in [1.807, 2.05) is 7.05 Å². The van der Waals surface area contributed by atoms with Gasteiger partial charge in [-0.3, -0.25) is 0 Å². The normalized spacial score (nSPS) is 23.1. The molecule has 78 valence electrons. The summed E-state index contributed by atoms with van der Waals surface area (Å²) in [5.41, 5.74) is 0.733. The molecule has 0 unspecified atom stereocenters. The Kier molecular flexibility index (Phi) is 3.36. The monoisotopic (exact) mass is 185 g/mol. The summed E-state index contributed by atoms with van der Waals surface area (Å²) in [4.78, 5) is 0. The summed E-state index contributed by atoms with van der Waals surface area (Å²) in [5.74, 6) is 0. The average Bonchev–Trinajstić information content (AvgIpc) is 2.04. The van der Waals surface area contributed by atoms with Gasteiger partial charge in [0.05, 0.1) is 0 Å². The van der Waals surface area contributed by atoms with Crippen molar-refractivity contribution in [1.82, 2.24) is 5.32 Å². The maximum absolute atomic E-state index is 5.39. The lowest BCUT2D eigenvalue weighted by Gasteiger charge is -2.40. The second-order valence-electron chi connectivity index (χ2n) is 5.23. The van der Waals surface area contributed by atoms with Crippen LogP contribution in [-0.4, -0.2) is 25.8 Å². The van der Waals surface area contributed by atoms with Crippen molar-refractivity contribution in [3.8, 4) is 0 Å². The zero-order valence-corrected chi connectivity index (χ0v) is 9.44. The SMILES string of the molecule is CNC(C)(C)CC1(C)CCOCC1. The lowest BCUT2D eigenvalue weighted by molar-refractivity contribution is 0.00869. The van der Waals surface area contributed by atoms with Crippen LogP contribution in [0, 0.1) is 5.41 Å². The second-order valence-corrected chi connectivity index (χ2v) is 5.23. The molecule has 1 aliphatic rings. The van der Waals surface area contributed by atoms with Crippen molar-refractivity contribution < 1.29 is 4.74 Å². The number of nitrogens with one attached hydrogen (secondary N) is 1. The molecule has 13 heavy (non-hydrogen) atoms. The van der Waals surface area contributed by atoms with E-state index in [2.05, 4.69) is 26.1 Å². The first-order valence-electron chi connectivity index (χ1n) is 5.24. The van der Waals surface area contributed by atoms with Crippen molar-refractivity contribution >= 4 is 0 Å². The number of hydrogen-bond donors (Lipinski definition) is 1. The van der Waals surface area contributed by atoms with E-state index >= 15 is 0 Å². The van der Waals surface area contributed by atoms with Gasteiger partial charge in [0, 0.05) is 18.8 Å². The molecule has 2 nitrogen and oxygen atoms in total. The van der Waals surface area contributed by atoms with Crippen LogP contribution in [0.3, 0.4) is 0 Å². The van der Waals surface area contributed by atoms with Crippen molar-refractivity contribution in [2.45, 2.75) is 45.6 Å². The van der Waals surface area contributed by atoms with Crippen LogP contribution < -0.4 is 5.32 Å². The molecular weight excluding hydrogens is 162 g/mol. The lowest BCUT2D eigenvalue weighted by Crippen LogP contribution is -2.43. The van der Waals surface area contributed by atoms with Gasteiger partial charge in [0.25, 0.3) is 0 Å². The third-order valence-corrected chi connectivity index (χ3v) is 3.25. The molecule has 0 aromatic rings. The molecule has 1 saturated heterocycles. The molecule has 1 heterocycles. The first-order chi connectivity index (χ1) is 5.97. The fraction of sp³-hybridized carbons (Fsp3) is 1.00. The Morgan fingerprint density at radius 3 is 2.31 bits per heavy atom. The molecule has 0 saturated carbocycles. The van der Waals surface area contributed by atoms with Gasteiger partial charge >= 0.3 is 0 Å². The topological polar surface area (TPSA) is 21.3 Å². The van der Waals surface area contributed by atoms with Gasteiger partial charge in [-0.1, -0.05) is 6.92 Å². The first-order valence-corrected chi connectivity index (χ1v) is 5.24. The molecule has 0 bridgehead atoms. The quantitative estimate of drug-likeness (QED) is 0.727. The van der Waals surface area contributed by atoms with E-state index in [9.17, 15) is 0 Å². The van der Waals surface area contributed by atoms with Crippen LogP contribution in [0.4, 0.5) is 0 Å². The number of rotatable bonds is 3. The van der Waals surface area contributed by atoms with Crippen LogP contribution in [0.2, 0.25) is 0 Å². The Labute approximate surface area is 82.0 Å². The molecule has 1 aliphatic heterocycles. The van der Waals surface area contributed by atoms with E-state index < -0.39 is 0 Å². The van der Waals surface area contributed by atoms with Crippen LogP contribution in [0.25, 0.3) is 0 Å². The number of ether oxygens (including phenoxy) is 1. The Hall–Kier alpha value is -0.0800. The Bertz CT molecular complexity index is 159. The van der Waals surface area contributed by atoms with Gasteiger partial charge in [-0.25, -0.2) is 0 Å². The van der Waals surface area contributed by atoms with Crippen molar-refractivity contribution in [3.63, 3.8) is 0 Å². The molecule has 2 heteroatoms. The Morgan fingerprint density at radius 2 is 1.85 bits per heavy atom. The van der Waals surface area contributed by atoms with Gasteiger partial charge in [-0.2, -0.15) is 0 Å². The maximum Gasteiger partial charge on any atom is 0.0471 e. The summed E-state index contributed by atoms with van der Waals surface area (Å²) >= 11 is 0. The molecule has 0 atom stereocenters. The highest BCUT2D eigenvalue weighted by Gasteiger charge is 2.33. The highest BCUT2D eigenvalue weighted by Crippen LogP contribution is 2.37. The van der Waals surface area contributed by atoms with Gasteiger partial charge in [-0.15, -0.1) is 0 Å². The standard InChI is InChI=1S/C11H23NO/c1-10(2,12-4)9-11(3)5-7-13-8-6-11/h12H,5-9H2,1-4H3. The summed E-state index contributed by atoms with van der Waals surface area (Å²) in [7, 11) is 2.04. The zero-order chi connectivity index (χ0) is 9.95. The molecule has 0 radical (unpaired) electrons. The third kappa shape index (κ3) is 3.28. The number of hydrogen-bond acceptors (Lipinski definition) is 2. The summed E-state index contributed by atoms with van der Waals surface area (Å²) < 4.78 is 5.39. The van der Waals surface area contributed by atoms with Crippen LogP contribution in [-0.2, 0) is 4.74 Å². The second kappa shape index (κ2) is 3.97. The van der Waals surface area contributed by atoms with E-state index in [1.165, 1.54) is 19.3 Å². The van der Waals surface area contributed by atoms with Gasteiger partial charge < -0.3 is 10.1 Å². The van der Waals surface area contributed by atoms with E-state index in [-0.39, 0.29) is 5.54 Å². The smallest absolute Gasteiger partial charge is 0.0471 e. The van der Waals surface area contributed by atoms with Crippen LogP contribution >= 0.6 is 0 Å². The fourth-order valence-corrected chi connectivity index (χ4v) is 2.20. The van der Waals surface area contributed by atoms with Crippen LogP contribution in [0.5, 0.6) is 0 Å². The van der Waals surface area contributed by atoms with Gasteiger partial charge in [0.15, 0.2) is 0 Å². The molecule has 0 amide bonds. The molecule has 1 fully saturated rings. The molecule has 1 N–H and O–H groups in total. The molecule has 1 rings (SSSR count). The highest BCUT2D eigenvalue weighted by atomic mass is 16.5. The summed E-state index contributed by atoms with van der Waals surface area (Å²) in [6.07, 6.45) is 3.65. The molecular formula is C11H23NO. The Balaban J connectivity index is 2.49. The Morgan fingerprint density at radius 1 is 1.31 bits per heavy atom. The molecule has 0 aromatic carbocycles. The van der Waals surface area contributed by atoms with Gasteiger partial charge in [-0.05, 0) is 45.6 Å². The summed E-state index contributed by atoms with van der Waals surface area (Å²) in [5, 5.41) is 3.37. The van der Waals surface area contributed by atoms with E-state index in [1.54, 1.807) is 0 Å². The van der Waals surface area contributed by atoms with Crippen molar-refractivity contribution in [2.75, 3.05) is 20.3 Å².